The molecule has 94 valence electrons. The summed E-state index contributed by atoms with van der Waals surface area (Å²) in [5, 5.41) is 3.37. The van der Waals surface area contributed by atoms with E-state index < -0.39 is 8.32 Å². The molecule has 1 fully saturated rings. The van der Waals surface area contributed by atoms with Crippen molar-refractivity contribution in [3.63, 3.8) is 0 Å². The van der Waals surface area contributed by atoms with Crippen LogP contribution in [0.25, 0.3) is 0 Å². The molecule has 1 aliphatic rings. The molecular formula is C13H22N2OSi. The second-order valence-corrected chi connectivity index (χ2v) is 9.87. The first-order valence-corrected chi connectivity index (χ1v) is 9.70. The number of rotatable bonds is 3. The van der Waals surface area contributed by atoms with Gasteiger partial charge in [-0.15, -0.1) is 0 Å². The predicted molar refractivity (Wildman–Crippen MR) is 75.5 cm³/mol. The highest BCUT2D eigenvalue weighted by molar-refractivity contribution is 6.70. The van der Waals surface area contributed by atoms with E-state index in [4.69, 9.17) is 4.43 Å². The molecule has 0 spiro atoms. The monoisotopic (exact) mass is 250 g/mol. The minimum absolute atomic E-state index is 1.00. The number of hydrogen-bond donors (Lipinski definition) is 1. The van der Waals surface area contributed by atoms with Gasteiger partial charge in [0.15, 0.2) is 0 Å². The SMILES string of the molecule is C[Si](C)(C)Oc1ccc(N2CCNCC2)cc1. The van der Waals surface area contributed by atoms with Crippen molar-refractivity contribution in [2.45, 2.75) is 19.6 Å². The van der Waals surface area contributed by atoms with Crippen molar-refractivity contribution in [3.05, 3.63) is 24.3 Å². The molecule has 1 aromatic rings. The largest absolute Gasteiger partial charge is 0.544 e. The number of piperazine rings is 1. The third-order valence-electron chi connectivity index (χ3n) is 2.74. The van der Waals surface area contributed by atoms with E-state index >= 15 is 0 Å². The minimum Gasteiger partial charge on any atom is -0.544 e. The van der Waals surface area contributed by atoms with E-state index in [-0.39, 0.29) is 0 Å². The molecule has 0 aliphatic carbocycles. The molecule has 1 aliphatic heterocycles. The van der Waals surface area contributed by atoms with Gasteiger partial charge in [-0.2, -0.15) is 0 Å². The summed E-state index contributed by atoms with van der Waals surface area (Å²) in [4.78, 5) is 2.41. The van der Waals surface area contributed by atoms with E-state index in [0.29, 0.717) is 0 Å². The summed E-state index contributed by atoms with van der Waals surface area (Å²) in [6.45, 7) is 11.0. The fraction of sp³-hybridized carbons (Fsp3) is 0.538. The van der Waals surface area contributed by atoms with Crippen molar-refractivity contribution in [1.29, 1.82) is 0 Å². The molecule has 0 saturated carbocycles. The van der Waals surface area contributed by atoms with Gasteiger partial charge in [0, 0.05) is 31.9 Å². The van der Waals surface area contributed by atoms with Crippen LogP contribution in [-0.4, -0.2) is 34.5 Å². The molecule has 1 N–H and O–H groups in total. The van der Waals surface area contributed by atoms with E-state index in [1.807, 2.05) is 0 Å². The van der Waals surface area contributed by atoms with Crippen molar-refractivity contribution >= 4 is 14.0 Å². The lowest BCUT2D eigenvalue weighted by Gasteiger charge is -2.29. The second kappa shape index (κ2) is 5.10. The minimum atomic E-state index is -1.48. The Balaban J connectivity index is 2.02. The van der Waals surface area contributed by atoms with Crippen LogP contribution < -0.4 is 14.6 Å². The van der Waals surface area contributed by atoms with Gasteiger partial charge in [-0.05, 0) is 43.9 Å². The summed E-state index contributed by atoms with van der Waals surface area (Å²) >= 11 is 0. The highest BCUT2D eigenvalue weighted by Gasteiger charge is 2.16. The number of nitrogens with one attached hydrogen (secondary N) is 1. The molecule has 0 bridgehead atoms. The zero-order valence-corrected chi connectivity index (χ0v) is 12.0. The van der Waals surface area contributed by atoms with E-state index in [1.54, 1.807) is 0 Å². The quantitative estimate of drug-likeness (QED) is 0.833. The molecule has 1 saturated heterocycles. The first-order chi connectivity index (χ1) is 8.04. The van der Waals surface area contributed by atoms with Crippen LogP contribution >= 0.6 is 0 Å². The first-order valence-electron chi connectivity index (χ1n) is 6.29. The first kappa shape index (κ1) is 12.5. The van der Waals surface area contributed by atoms with Gasteiger partial charge in [0.05, 0.1) is 0 Å². The van der Waals surface area contributed by atoms with Gasteiger partial charge in [-0.1, -0.05) is 0 Å². The van der Waals surface area contributed by atoms with Crippen LogP contribution in [0.4, 0.5) is 5.69 Å². The van der Waals surface area contributed by atoms with Crippen LogP contribution in [0.5, 0.6) is 5.75 Å². The summed E-state index contributed by atoms with van der Waals surface area (Å²) in [6.07, 6.45) is 0. The molecule has 17 heavy (non-hydrogen) atoms. The zero-order valence-electron chi connectivity index (χ0n) is 11.0. The van der Waals surface area contributed by atoms with Crippen molar-refractivity contribution in [1.82, 2.24) is 5.32 Å². The van der Waals surface area contributed by atoms with E-state index in [1.165, 1.54) is 5.69 Å². The van der Waals surface area contributed by atoms with Gasteiger partial charge in [0.1, 0.15) is 5.75 Å². The van der Waals surface area contributed by atoms with Crippen molar-refractivity contribution in [3.8, 4) is 5.75 Å². The van der Waals surface area contributed by atoms with Crippen LogP contribution in [0.3, 0.4) is 0 Å². The Morgan fingerprint density at radius 3 is 2.18 bits per heavy atom. The summed E-state index contributed by atoms with van der Waals surface area (Å²) in [5.74, 6) is 1.00. The summed E-state index contributed by atoms with van der Waals surface area (Å²) in [6, 6.07) is 8.52. The molecule has 4 heteroatoms. The van der Waals surface area contributed by atoms with Gasteiger partial charge in [0.2, 0.25) is 8.32 Å². The maximum absolute atomic E-state index is 5.95. The fourth-order valence-electron chi connectivity index (χ4n) is 2.00. The molecule has 0 unspecified atom stereocenters. The summed E-state index contributed by atoms with van der Waals surface area (Å²) in [5.41, 5.74) is 1.30. The zero-order chi connectivity index (χ0) is 12.3. The standard InChI is InChI=1S/C13H22N2OSi/c1-17(2,3)16-13-6-4-12(5-7-13)15-10-8-14-9-11-15/h4-7,14H,8-11H2,1-3H3. The Labute approximate surface area is 105 Å². The van der Waals surface area contributed by atoms with Crippen molar-refractivity contribution in [2.75, 3.05) is 31.1 Å². The lowest BCUT2D eigenvalue weighted by molar-refractivity contribution is 0.557. The lowest BCUT2D eigenvalue weighted by atomic mass is 10.2. The molecule has 1 aromatic carbocycles. The van der Waals surface area contributed by atoms with Gasteiger partial charge >= 0.3 is 0 Å². The Kier molecular flexibility index (Phi) is 3.74. The molecule has 3 nitrogen and oxygen atoms in total. The van der Waals surface area contributed by atoms with Gasteiger partial charge in [-0.25, -0.2) is 0 Å². The Morgan fingerprint density at radius 1 is 1.06 bits per heavy atom. The maximum Gasteiger partial charge on any atom is 0.242 e. The average Bonchev–Trinajstić information content (AvgIpc) is 2.29. The molecular weight excluding hydrogens is 228 g/mol. The number of hydrogen-bond acceptors (Lipinski definition) is 3. The van der Waals surface area contributed by atoms with E-state index in [0.717, 1.165) is 31.9 Å². The number of anilines is 1. The normalized spacial score (nSPS) is 17.0. The lowest BCUT2D eigenvalue weighted by Crippen LogP contribution is -2.43. The van der Waals surface area contributed by atoms with Crippen molar-refractivity contribution < 1.29 is 4.43 Å². The molecule has 2 rings (SSSR count). The number of nitrogens with zero attached hydrogens (tertiary/aromatic N) is 1. The van der Waals surface area contributed by atoms with E-state index in [9.17, 15) is 0 Å². The number of benzene rings is 1. The molecule has 0 amide bonds. The highest BCUT2D eigenvalue weighted by atomic mass is 28.4. The second-order valence-electron chi connectivity index (χ2n) is 5.45. The smallest absolute Gasteiger partial charge is 0.242 e. The van der Waals surface area contributed by atoms with Crippen molar-refractivity contribution in [2.24, 2.45) is 0 Å². The molecule has 0 radical (unpaired) electrons. The van der Waals surface area contributed by atoms with Crippen LogP contribution in [0.2, 0.25) is 19.6 Å². The molecule has 0 atom stereocenters. The highest BCUT2D eigenvalue weighted by Crippen LogP contribution is 2.21. The average molecular weight is 250 g/mol. The Morgan fingerprint density at radius 2 is 1.65 bits per heavy atom. The Bertz CT molecular complexity index is 353. The molecule has 0 aromatic heterocycles. The van der Waals surface area contributed by atoms with Crippen LogP contribution in [0, 0.1) is 0 Å². The van der Waals surface area contributed by atoms with Crippen LogP contribution in [0.1, 0.15) is 0 Å². The Hall–Kier alpha value is -1.00. The van der Waals surface area contributed by atoms with Gasteiger partial charge in [0.25, 0.3) is 0 Å². The van der Waals surface area contributed by atoms with Gasteiger partial charge in [-0.3, -0.25) is 0 Å². The van der Waals surface area contributed by atoms with E-state index in [2.05, 4.69) is 54.1 Å². The summed E-state index contributed by atoms with van der Waals surface area (Å²) in [7, 11) is -1.48. The summed E-state index contributed by atoms with van der Waals surface area (Å²) < 4.78 is 5.95. The van der Waals surface area contributed by atoms with Crippen LogP contribution in [-0.2, 0) is 0 Å². The topological polar surface area (TPSA) is 24.5 Å². The maximum atomic E-state index is 5.95. The molecule has 1 heterocycles. The third-order valence-corrected chi connectivity index (χ3v) is 3.59. The van der Waals surface area contributed by atoms with Crippen LogP contribution in [0.15, 0.2) is 24.3 Å². The fourth-order valence-corrected chi connectivity index (χ4v) is 2.84. The van der Waals surface area contributed by atoms with Gasteiger partial charge < -0.3 is 14.6 Å². The predicted octanol–water partition coefficient (Wildman–Crippen LogP) is 2.31. The third kappa shape index (κ3) is 3.75.